The van der Waals surface area contributed by atoms with Crippen molar-refractivity contribution in [2.75, 3.05) is 6.61 Å². The summed E-state index contributed by atoms with van der Waals surface area (Å²) in [7, 11) is 0. The molecule has 0 aromatic carbocycles. The fourth-order valence-corrected chi connectivity index (χ4v) is 2.32. The van der Waals surface area contributed by atoms with Crippen LogP contribution in [0.2, 0.25) is 5.02 Å². The molecule has 0 amide bonds. The molecule has 1 aliphatic carbocycles. The van der Waals surface area contributed by atoms with Gasteiger partial charge >= 0.3 is 0 Å². The minimum atomic E-state index is 0.0673. The first kappa shape index (κ1) is 15.6. The number of hydrogen-bond donors (Lipinski definition) is 1. The van der Waals surface area contributed by atoms with E-state index in [2.05, 4.69) is 31.1 Å². The Balaban J connectivity index is 1.86. The maximum absolute atomic E-state index is 6.18. The second-order valence-corrected chi connectivity index (χ2v) is 7.06. The van der Waals surface area contributed by atoms with Gasteiger partial charge < -0.3 is 10.1 Å². The highest BCUT2D eigenvalue weighted by atomic mass is 35.5. The molecule has 1 aromatic rings. The number of nitrogens with one attached hydrogen (secondary N) is 1. The Morgan fingerprint density at radius 2 is 2.15 bits per heavy atom. The van der Waals surface area contributed by atoms with Gasteiger partial charge in [-0.15, -0.1) is 0 Å². The van der Waals surface area contributed by atoms with Crippen LogP contribution in [0.3, 0.4) is 0 Å². The van der Waals surface area contributed by atoms with Gasteiger partial charge in [-0.2, -0.15) is 0 Å². The normalized spacial score (nSPS) is 16.0. The average Bonchev–Trinajstić information content (AvgIpc) is 2.31. The van der Waals surface area contributed by atoms with Crippen LogP contribution in [0.4, 0.5) is 0 Å². The summed E-state index contributed by atoms with van der Waals surface area (Å²) in [4.78, 5) is 4.24. The van der Waals surface area contributed by atoms with E-state index < -0.39 is 0 Å². The number of hydrogen-bond acceptors (Lipinski definition) is 3. The molecule has 0 radical (unpaired) electrons. The summed E-state index contributed by atoms with van der Waals surface area (Å²) < 4.78 is 5.74. The number of aromatic nitrogens is 1. The van der Waals surface area contributed by atoms with E-state index in [-0.39, 0.29) is 5.54 Å². The molecule has 4 heteroatoms. The first-order valence-corrected chi connectivity index (χ1v) is 7.84. The lowest BCUT2D eigenvalue weighted by molar-refractivity contribution is 0.217. The number of ether oxygens (including phenoxy) is 1. The second-order valence-electron chi connectivity index (χ2n) is 6.65. The molecule has 0 bridgehead atoms. The molecule has 3 nitrogen and oxygen atoms in total. The van der Waals surface area contributed by atoms with Crippen LogP contribution in [0.1, 0.15) is 52.0 Å². The standard InChI is InChI=1S/C16H25ClN2O/c1-16(2,3)19-10-13-9-15(18-11-14(13)17)20-8-7-12-5-4-6-12/h9,11-12,19H,4-8,10H2,1-3H3. The van der Waals surface area contributed by atoms with Crippen LogP contribution in [0.5, 0.6) is 5.88 Å². The van der Waals surface area contributed by atoms with Crippen molar-refractivity contribution in [2.24, 2.45) is 5.92 Å². The van der Waals surface area contributed by atoms with E-state index in [0.717, 1.165) is 31.1 Å². The van der Waals surface area contributed by atoms with Gasteiger partial charge in [-0.3, -0.25) is 0 Å². The summed E-state index contributed by atoms with van der Waals surface area (Å²) in [5.41, 5.74) is 1.10. The number of nitrogens with zero attached hydrogens (tertiary/aromatic N) is 1. The minimum Gasteiger partial charge on any atom is -0.478 e. The van der Waals surface area contributed by atoms with Crippen LogP contribution in [0.25, 0.3) is 0 Å². The quantitative estimate of drug-likeness (QED) is 0.854. The number of rotatable bonds is 6. The van der Waals surface area contributed by atoms with Gasteiger partial charge in [0.05, 0.1) is 11.6 Å². The molecule has 1 saturated carbocycles. The van der Waals surface area contributed by atoms with Crippen LogP contribution in [-0.4, -0.2) is 17.1 Å². The van der Waals surface area contributed by atoms with Gasteiger partial charge in [0.2, 0.25) is 5.88 Å². The van der Waals surface area contributed by atoms with Crippen molar-refractivity contribution in [3.63, 3.8) is 0 Å². The van der Waals surface area contributed by atoms with E-state index in [1.165, 1.54) is 19.3 Å². The third-order valence-corrected chi connectivity index (χ3v) is 4.06. The van der Waals surface area contributed by atoms with E-state index >= 15 is 0 Å². The Labute approximate surface area is 127 Å². The van der Waals surface area contributed by atoms with E-state index in [0.29, 0.717) is 10.9 Å². The predicted octanol–water partition coefficient (Wildman–Crippen LogP) is 4.19. The summed E-state index contributed by atoms with van der Waals surface area (Å²) in [6.07, 6.45) is 6.92. The molecular weight excluding hydrogens is 272 g/mol. The van der Waals surface area contributed by atoms with Crippen LogP contribution in [0, 0.1) is 5.92 Å². The topological polar surface area (TPSA) is 34.1 Å². The van der Waals surface area contributed by atoms with Crippen LogP contribution >= 0.6 is 11.6 Å². The Morgan fingerprint density at radius 1 is 1.40 bits per heavy atom. The lowest BCUT2D eigenvalue weighted by Crippen LogP contribution is -2.35. The highest BCUT2D eigenvalue weighted by molar-refractivity contribution is 6.31. The first-order valence-electron chi connectivity index (χ1n) is 7.46. The summed E-state index contributed by atoms with van der Waals surface area (Å²) in [5, 5.41) is 4.12. The molecule has 0 spiro atoms. The van der Waals surface area contributed by atoms with E-state index in [1.54, 1.807) is 6.20 Å². The van der Waals surface area contributed by atoms with Gasteiger partial charge in [0.15, 0.2) is 0 Å². The summed E-state index contributed by atoms with van der Waals surface area (Å²) in [6.45, 7) is 7.89. The van der Waals surface area contributed by atoms with Gasteiger partial charge in [0, 0.05) is 24.3 Å². The molecule has 0 saturated heterocycles. The zero-order valence-electron chi connectivity index (χ0n) is 12.7. The van der Waals surface area contributed by atoms with Crippen LogP contribution in [0.15, 0.2) is 12.3 Å². The third kappa shape index (κ3) is 4.95. The summed E-state index contributed by atoms with van der Waals surface area (Å²) in [5.74, 6) is 1.55. The highest BCUT2D eigenvalue weighted by Gasteiger charge is 2.17. The fourth-order valence-electron chi connectivity index (χ4n) is 2.14. The molecule has 2 rings (SSSR count). The van der Waals surface area contributed by atoms with Crippen molar-refractivity contribution in [1.29, 1.82) is 0 Å². The van der Waals surface area contributed by atoms with Crippen molar-refractivity contribution < 1.29 is 4.74 Å². The van der Waals surface area contributed by atoms with Crippen molar-refractivity contribution in [3.8, 4) is 5.88 Å². The molecule has 1 aromatic heterocycles. The molecule has 1 heterocycles. The van der Waals surface area contributed by atoms with Crippen LogP contribution < -0.4 is 10.1 Å². The van der Waals surface area contributed by atoms with Crippen LogP contribution in [-0.2, 0) is 6.54 Å². The molecule has 1 N–H and O–H groups in total. The van der Waals surface area contributed by atoms with Gasteiger partial charge in [-0.25, -0.2) is 4.98 Å². The SMILES string of the molecule is CC(C)(C)NCc1cc(OCCC2CCC2)ncc1Cl. The van der Waals surface area contributed by atoms with E-state index in [4.69, 9.17) is 16.3 Å². The molecule has 1 fully saturated rings. The number of halogens is 1. The first-order chi connectivity index (χ1) is 9.44. The predicted molar refractivity (Wildman–Crippen MR) is 83.3 cm³/mol. The molecule has 0 aliphatic heterocycles. The fraction of sp³-hybridized carbons (Fsp3) is 0.688. The van der Waals surface area contributed by atoms with E-state index in [9.17, 15) is 0 Å². The molecule has 1 aliphatic rings. The van der Waals surface area contributed by atoms with Crippen molar-refractivity contribution in [1.82, 2.24) is 10.3 Å². The molecule has 112 valence electrons. The molecule has 0 atom stereocenters. The van der Waals surface area contributed by atoms with Crippen molar-refractivity contribution in [2.45, 2.75) is 58.5 Å². The zero-order chi connectivity index (χ0) is 14.6. The van der Waals surface area contributed by atoms with Gasteiger partial charge in [0.1, 0.15) is 0 Å². The van der Waals surface area contributed by atoms with Gasteiger partial charge in [-0.05, 0) is 38.7 Å². The Morgan fingerprint density at radius 3 is 2.75 bits per heavy atom. The lowest BCUT2D eigenvalue weighted by Gasteiger charge is -2.25. The minimum absolute atomic E-state index is 0.0673. The zero-order valence-corrected chi connectivity index (χ0v) is 13.5. The summed E-state index contributed by atoms with van der Waals surface area (Å²) >= 11 is 6.18. The Hall–Kier alpha value is -0.800. The third-order valence-electron chi connectivity index (χ3n) is 3.72. The smallest absolute Gasteiger partial charge is 0.213 e. The highest BCUT2D eigenvalue weighted by Crippen LogP contribution is 2.29. The van der Waals surface area contributed by atoms with Crippen molar-refractivity contribution in [3.05, 3.63) is 22.8 Å². The Bertz CT molecular complexity index is 439. The molecule has 20 heavy (non-hydrogen) atoms. The van der Waals surface area contributed by atoms with E-state index in [1.807, 2.05) is 6.07 Å². The number of pyridine rings is 1. The van der Waals surface area contributed by atoms with Crippen molar-refractivity contribution >= 4 is 11.6 Å². The second kappa shape index (κ2) is 6.77. The monoisotopic (exact) mass is 296 g/mol. The Kier molecular flexibility index (Phi) is 5.28. The average molecular weight is 297 g/mol. The summed E-state index contributed by atoms with van der Waals surface area (Å²) in [6, 6.07) is 1.95. The molecular formula is C16H25ClN2O. The lowest BCUT2D eigenvalue weighted by atomic mass is 9.83. The molecule has 0 unspecified atom stereocenters. The largest absolute Gasteiger partial charge is 0.478 e. The van der Waals surface area contributed by atoms with Gasteiger partial charge in [-0.1, -0.05) is 30.9 Å². The maximum Gasteiger partial charge on any atom is 0.213 e. The maximum atomic E-state index is 6.18. The van der Waals surface area contributed by atoms with Gasteiger partial charge in [0.25, 0.3) is 0 Å².